The Morgan fingerprint density at radius 2 is 2.22 bits per heavy atom. The SMILES string of the molecule is Cc1ocnc1COc1cccc(C(=O)O)c1C. The number of ether oxygens (including phenoxy) is 1. The van der Waals surface area contributed by atoms with Crippen LogP contribution in [0.4, 0.5) is 0 Å². The lowest BCUT2D eigenvalue weighted by atomic mass is 10.1. The summed E-state index contributed by atoms with van der Waals surface area (Å²) in [6.07, 6.45) is 1.36. The van der Waals surface area contributed by atoms with Crippen molar-refractivity contribution in [3.63, 3.8) is 0 Å². The van der Waals surface area contributed by atoms with E-state index >= 15 is 0 Å². The fraction of sp³-hybridized carbons (Fsp3) is 0.231. The van der Waals surface area contributed by atoms with Crippen molar-refractivity contribution >= 4 is 5.97 Å². The molecule has 5 nitrogen and oxygen atoms in total. The smallest absolute Gasteiger partial charge is 0.336 e. The first kappa shape index (κ1) is 12.2. The molecule has 1 heterocycles. The van der Waals surface area contributed by atoms with Gasteiger partial charge in [-0.05, 0) is 26.0 Å². The van der Waals surface area contributed by atoms with Gasteiger partial charge in [-0.2, -0.15) is 0 Å². The Bertz CT molecular complexity index is 574. The zero-order chi connectivity index (χ0) is 13.1. The summed E-state index contributed by atoms with van der Waals surface area (Å²) in [5, 5.41) is 9.00. The number of hydrogen-bond donors (Lipinski definition) is 1. The molecule has 2 rings (SSSR count). The number of nitrogens with zero attached hydrogens (tertiary/aromatic N) is 1. The molecular formula is C13H13NO4. The van der Waals surface area contributed by atoms with Crippen LogP contribution in [0.3, 0.4) is 0 Å². The van der Waals surface area contributed by atoms with Crippen molar-refractivity contribution in [3.05, 3.63) is 47.2 Å². The average Bonchev–Trinajstić information content (AvgIpc) is 2.73. The van der Waals surface area contributed by atoms with Crippen molar-refractivity contribution in [1.29, 1.82) is 0 Å². The topological polar surface area (TPSA) is 72.6 Å². The minimum atomic E-state index is -0.962. The van der Waals surface area contributed by atoms with Gasteiger partial charge < -0.3 is 14.3 Å². The Kier molecular flexibility index (Phi) is 3.32. The first-order valence-electron chi connectivity index (χ1n) is 5.44. The van der Waals surface area contributed by atoms with Gasteiger partial charge in [0, 0.05) is 5.56 Å². The molecule has 0 bridgehead atoms. The molecule has 1 N–H and O–H groups in total. The highest BCUT2D eigenvalue weighted by atomic mass is 16.5. The largest absolute Gasteiger partial charge is 0.487 e. The third-order valence-electron chi connectivity index (χ3n) is 2.72. The van der Waals surface area contributed by atoms with Crippen LogP contribution in [0, 0.1) is 13.8 Å². The second kappa shape index (κ2) is 4.91. The summed E-state index contributed by atoms with van der Waals surface area (Å²) >= 11 is 0. The van der Waals surface area contributed by atoms with Gasteiger partial charge in [-0.3, -0.25) is 0 Å². The molecule has 0 fully saturated rings. The van der Waals surface area contributed by atoms with Crippen LogP contribution in [0.1, 0.15) is 27.4 Å². The van der Waals surface area contributed by atoms with Crippen LogP contribution in [0.25, 0.3) is 0 Å². The maximum atomic E-state index is 11.0. The van der Waals surface area contributed by atoms with Crippen LogP contribution < -0.4 is 4.74 Å². The van der Waals surface area contributed by atoms with E-state index in [1.165, 1.54) is 6.39 Å². The number of carboxylic acids is 1. The van der Waals surface area contributed by atoms with Crippen molar-refractivity contribution in [1.82, 2.24) is 4.98 Å². The van der Waals surface area contributed by atoms with Gasteiger partial charge in [0.15, 0.2) is 6.39 Å². The normalized spacial score (nSPS) is 10.3. The highest BCUT2D eigenvalue weighted by Crippen LogP contribution is 2.22. The molecule has 0 spiro atoms. The second-order valence-electron chi connectivity index (χ2n) is 3.88. The molecule has 0 aliphatic rings. The quantitative estimate of drug-likeness (QED) is 0.898. The predicted molar refractivity (Wildman–Crippen MR) is 63.7 cm³/mol. The van der Waals surface area contributed by atoms with Gasteiger partial charge in [0.05, 0.1) is 5.56 Å². The fourth-order valence-electron chi connectivity index (χ4n) is 1.62. The predicted octanol–water partition coefficient (Wildman–Crippen LogP) is 2.57. The minimum absolute atomic E-state index is 0.240. The van der Waals surface area contributed by atoms with E-state index in [4.69, 9.17) is 14.3 Å². The van der Waals surface area contributed by atoms with Crippen molar-refractivity contribution in [2.45, 2.75) is 20.5 Å². The van der Waals surface area contributed by atoms with E-state index in [-0.39, 0.29) is 12.2 Å². The van der Waals surface area contributed by atoms with Crippen LogP contribution in [-0.2, 0) is 6.61 Å². The highest BCUT2D eigenvalue weighted by molar-refractivity contribution is 5.90. The lowest BCUT2D eigenvalue weighted by Crippen LogP contribution is -2.04. The van der Waals surface area contributed by atoms with Crippen molar-refractivity contribution in [3.8, 4) is 5.75 Å². The lowest BCUT2D eigenvalue weighted by Gasteiger charge is -2.09. The first-order valence-corrected chi connectivity index (χ1v) is 5.44. The van der Waals surface area contributed by atoms with Gasteiger partial charge in [0.2, 0.25) is 0 Å². The van der Waals surface area contributed by atoms with Crippen LogP contribution in [-0.4, -0.2) is 16.1 Å². The third kappa shape index (κ3) is 2.34. The number of aromatic nitrogens is 1. The molecule has 1 aromatic carbocycles. The Labute approximate surface area is 104 Å². The summed E-state index contributed by atoms with van der Waals surface area (Å²) in [5.74, 6) is 0.273. The van der Waals surface area contributed by atoms with Gasteiger partial charge in [-0.15, -0.1) is 0 Å². The average molecular weight is 247 g/mol. The number of oxazole rings is 1. The summed E-state index contributed by atoms with van der Waals surface area (Å²) in [4.78, 5) is 15.0. The van der Waals surface area contributed by atoms with Crippen LogP contribution in [0.15, 0.2) is 29.0 Å². The third-order valence-corrected chi connectivity index (χ3v) is 2.72. The van der Waals surface area contributed by atoms with E-state index in [0.717, 1.165) is 0 Å². The molecule has 0 amide bonds. The maximum Gasteiger partial charge on any atom is 0.336 e. The number of hydrogen-bond acceptors (Lipinski definition) is 4. The van der Waals surface area contributed by atoms with Crippen LogP contribution in [0.2, 0.25) is 0 Å². The van der Waals surface area contributed by atoms with E-state index < -0.39 is 5.97 Å². The van der Waals surface area contributed by atoms with Crippen molar-refractivity contribution < 1.29 is 19.1 Å². The Morgan fingerprint density at radius 3 is 2.83 bits per heavy atom. The second-order valence-corrected chi connectivity index (χ2v) is 3.88. The summed E-state index contributed by atoms with van der Waals surface area (Å²) in [6, 6.07) is 4.94. The number of carboxylic acid groups (broad SMARTS) is 1. The Balaban J connectivity index is 2.17. The monoisotopic (exact) mass is 247 g/mol. The Morgan fingerprint density at radius 1 is 1.44 bits per heavy atom. The van der Waals surface area contributed by atoms with Crippen LogP contribution >= 0.6 is 0 Å². The van der Waals surface area contributed by atoms with Gasteiger partial charge in [0.25, 0.3) is 0 Å². The van der Waals surface area contributed by atoms with Gasteiger partial charge in [0.1, 0.15) is 23.8 Å². The number of carbonyl (C=O) groups is 1. The van der Waals surface area contributed by atoms with E-state index in [1.807, 2.05) is 0 Å². The molecule has 0 saturated heterocycles. The maximum absolute atomic E-state index is 11.0. The van der Waals surface area contributed by atoms with Gasteiger partial charge >= 0.3 is 5.97 Å². The molecule has 0 radical (unpaired) electrons. The van der Waals surface area contributed by atoms with Crippen LogP contribution in [0.5, 0.6) is 5.75 Å². The summed E-state index contributed by atoms with van der Waals surface area (Å²) < 4.78 is 10.6. The lowest BCUT2D eigenvalue weighted by molar-refractivity contribution is 0.0695. The molecule has 0 atom stereocenters. The van der Waals surface area contributed by atoms with Crippen molar-refractivity contribution in [2.24, 2.45) is 0 Å². The zero-order valence-electron chi connectivity index (χ0n) is 10.1. The van der Waals surface area contributed by atoms with E-state index in [1.54, 1.807) is 32.0 Å². The fourth-order valence-corrected chi connectivity index (χ4v) is 1.62. The molecule has 0 aliphatic heterocycles. The van der Waals surface area contributed by atoms with Gasteiger partial charge in [-0.25, -0.2) is 9.78 Å². The highest BCUT2D eigenvalue weighted by Gasteiger charge is 2.12. The van der Waals surface area contributed by atoms with E-state index in [2.05, 4.69) is 4.98 Å². The molecule has 0 aliphatic carbocycles. The number of benzene rings is 1. The molecular weight excluding hydrogens is 234 g/mol. The standard InChI is InChI=1S/C13H13NO4/c1-8-10(13(15)16)4-3-5-12(8)17-6-11-9(2)18-7-14-11/h3-5,7H,6H2,1-2H3,(H,15,16). The summed E-state index contributed by atoms with van der Waals surface area (Å²) in [6.45, 7) is 3.77. The zero-order valence-corrected chi connectivity index (χ0v) is 10.1. The molecule has 0 unspecified atom stereocenters. The molecule has 2 aromatic rings. The molecule has 18 heavy (non-hydrogen) atoms. The summed E-state index contributed by atoms with van der Waals surface area (Å²) in [7, 11) is 0. The number of rotatable bonds is 4. The molecule has 5 heteroatoms. The van der Waals surface area contributed by atoms with Gasteiger partial charge in [-0.1, -0.05) is 6.07 Å². The number of aromatic carboxylic acids is 1. The molecule has 0 saturated carbocycles. The van der Waals surface area contributed by atoms with E-state index in [0.29, 0.717) is 22.8 Å². The molecule has 1 aromatic heterocycles. The Hall–Kier alpha value is -2.30. The van der Waals surface area contributed by atoms with Crippen molar-refractivity contribution in [2.75, 3.05) is 0 Å². The summed E-state index contributed by atoms with van der Waals surface area (Å²) in [5.41, 5.74) is 1.55. The van der Waals surface area contributed by atoms with E-state index in [9.17, 15) is 4.79 Å². The minimum Gasteiger partial charge on any atom is -0.487 e. The molecule has 94 valence electrons. The first-order chi connectivity index (χ1) is 8.59. The number of aryl methyl sites for hydroxylation is 1.